The fraction of sp³-hybridized carbons (Fsp3) is 0.929. The van der Waals surface area contributed by atoms with Gasteiger partial charge in [0.2, 0.25) is 5.91 Å². The molecule has 3 unspecified atom stereocenters. The molecule has 0 aromatic heterocycles. The first kappa shape index (κ1) is 14.5. The lowest BCUT2D eigenvalue weighted by molar-refractivity contribution is -0.125. The van der Waals surface area contributed by atoms with E-state index >= 15 is 0 Å². The number of nitrogens with one attached hydrogen (secondary N) is 1. The van der Waals surface area contributed by atoms with Crippen LogP contribution in [0.3, 0.4) is 0 Å². The molecule has 0 aromatic rings. The highest BCUT2D eigenvalue weighted by molar-refractivity contribution is 5.82. The van der Waals surface area contributed by atoms with E-state index in [9.17, 15) is 4.79 Å². The molecule has 3 nitrogen and oxygen atoms in total. The third-order valence-corrected chi connectivity index (χ3v) is 3.97. The normalized spacial score (nSPS) is 32.0. The van der Waals surface area contributed by atoms with Crippen LogP contribution in [0.4, 0.5) is 0 Å². The average Bonchev–Trinajstić information content (AvgIpc) is 2.19. The summed E-state index contributed by atoms with van der Waals surface area (Å²) in [6.07, 6.45) is 3.50. The molecular formula is C14H28N2O. The lowest BCUT2D eigenvalue weighted by Gasteiger charge is -2.35. The summed E-state index contributed by atoms with van der Waals surface area (Å²) in [5.41, 5.74) is 5.80. The van der Waals surface area contributed by atoms with Crippen molar-refractivity contribution in [2.24, 2.45) is 23.0 Å². The molecule has 3 N–H and O–H groups in total. The molecule has 1 aliphatic carbocycles. The molecule has 0 saturated heterocycles. The molecule has 0 aliphatic heterocycles. The van der Waals surface area contributed by atoms with Crippen LogP contribution in [0.25, 0.3) is 0 Å². The largest absolute Gasteiger partial charge is 0.352 e. The summed E-state index contributed by atoms with van der Waals surface area (Å²) in [7, 11) is 0. The first-order valence-corrected chi connectivity index (χ1v) is 6.77. The van der Waals surface area contributed by atoms with E-state index in [0.717, 1.165) is 12.3 Å². The number of nitrogens with two attached hydrogens (primary N) is 1. The van der Waals surface area contributed by atoms with Crippen molar-refractivity contribution in [1.29, 1.82) is 0 Å². The van der Waals surface area contributed by atoms with Gasteiger partial charge in [-0.1, -0.05) is 34.6 Å². The van der Waals surface area contributed by atoms with E-state index in [1.165, 1.54) is 12.8 Å². The number of carbonyl (C=O) groups is 1. The van der Waals surface area contributed by atoms with Gasteiger partial charge < -0.3 is 11.1 Å². The van der Waals surface area contributed by atoms with Gasteiger partial charge in [-0.15, -0.1) is 0 Å². The van der Waals surface area contributed by atoms with Crippen LogP contribution in [0.1, 0.15) is 53.9 Å². The summed E-state index contributed by atoms with van der Waals surface area (Å²) >= 11 is 0. The first-order chi connectivity index (χ1) is 7.71. The average molecular weight is 240 g/mol. The van der Waals surface area contributed by atoms with Gasteiger partial charge in [0.05, 0.1) is 6.04 Å². The summed E-state index contributed by atoms with van der Waals surface area (Å²) < 4.78 is 0. The molecule has 1 fully saturated rings. The first-order valence-electron chi connectivity index (χ1n) is 6.77. The molecule has 3 heteroatoms. The van der Waals surface area contributed by atoms with E-state index in [2.05, 4.69) is 19.2 Å². The van der Waals surface area contributed by atoms with Crippen LogP contribution in [0.15, 0.2) is 0 Å². The summed E-state index contributed by atoms with van der Waals surface area (Å²) in [5.74, 6) is 1.35. The smallest absolute Gasteiger partial charge is 0.237 e. The zero-order valence-corrected chi connectivity index (χ0v) is 11.9. The minimum absolute atomic E-state index is 0.00361. The second-order valence-corrected chi connectivity index (χ2v) is 6.85. The Hall–Kier alpha value is -0.570. The van der Waals surface area contributed by atoms with Crippen molar-refractivity contribution in [3.05, 3.63) is 0 Å². The third-order valence-electron chi connectivity index (χ3n) is 3.97. The van der Waals surface area contributed by atoms with E-state index in [1.54, 1.807) is 0 Å². The Morgan fingerprint density at radius 2 is 1.88 bits per heavy atom. The minimum atomic E-state index is -0.422. The van der Waals surface area contributed by atoms with Crippen LogP contribution >= 0.6 is 0 Å². The van der Waals surface area contributed by atoms with Crippen molar-refractivity contribution in [3.63, 3.8) is 0 Å². The van der Waals surface area contributed by atoms with E-state index in [4.69, 9.17) is 5.73 Å². The van der Waals surface area contributed by atoms with Gasteiger partial charge >= 0.3 is 0 Å². The summed E-state index contributed by atoms with van der Waals surface area (Å²) in [4.78, 5) is 12.0. The van der Waals surface area contributed by atoms with Crippen molar-refractivity contribution >= 4 is 5.91 Å². The van der Waals surface area contributed by atoms with Gasteiger partial charge in [-0.3, -0.25) is 4.79 Å². The molecule has 0 bridgehead atoms. The molecule has 4 atom stereocenters. The van der Waals surface area contributed by atoms with Crippen molar-refractivity contribution < 1.29 is 4.79 Å². The van der Waals surface area contributed by atoms with Crippen LogP contribution in [-0.2, 0) is 4.79 Å². The highest BCUT2D eigenvalue weighted by atomic mass is 16.2. The molecule has 100 valence electrons. The van der Waals surface area contributed by atoms with Gasteiger partial charge in [0, 0.05) is 6.04 Å². The lowest BCUT2D eigenvalue weighted by atomic mass is 9.79. The molecule has 1 amide bonds. The molecule has 1 aliphatic rings. The Kier molecular flexibility index (Phi) is 4.59. The molecule has 0 spiro atoms. The maximum atomic E-state index is 12.0. The predicted octanol–water partition coefficient (Wildman–Crippen LogP) is 2.30. The quantitative estimate of drug-likeness (QED) is 0.778. The van der Waals surface area contributed by atoms with Crippen LogP contribution in [0.5, 0.6) is 0 Å². The standard InChI is InChI=1S/C14H28N2O/c1-9-6-7-11(10(2)8-9)16-13(17)12(15)14(3,4)5/h9-12H,6-8,15H2,1-5H3,(H,16,17)/t9?,10?,11?,12-/m1/s1. The number of hydrogen-bond acceptors (Lipinski definition) is 2. The minimum Gasteiger partial charge on any atom is -0.352 e. The number of amides is 1. The van der Waals surface area contributed by atoms with Crippen LogP contribution in [0.2, 0.25) is 0 Å². The van der Waals surface area contributed by atoms with Gasteiger partial charge in [0.15, 0.2) is 0 Å². The van der Waals surface area contributed by atoms with Gasteiger partial charge in [-0.25, -0.2) is 0 Å². The van der Waals surface area contributed by atoms with Gasteiger partial charge in [0.25, 0.3) is 0 Å². The molecule has 17 heavy (non-hydrogen) atoms. The summed E-state index contributed by atoms with van der Waals surface area (Å²) in [6, 6.07) is -0.110. The summed E-state index contributed by atoms with van der Waals surface area (Å²) in [6.45, 7) is 10.5. The van der Waals surface area contributed by atoms with Crippen LogP contribution in [0, 0.1) is 17.3 Å². The Bertz CT molecular complexity index is 270. The highest BCUT2D eigenvalue weighted by Crippen LogP contribution is 2.29. The number of hydrogen-bond donors (Lipinski definition) is 2. The van der Waals surface area contributed by atoms with E-state index < -0.39 is 6.04 Å². The summed E-state index contributed by atoms with van der Waals surface area (Å²) in [5, 5.41) is 3.13. The van der Waals surface area contributed by atoms with Gasteiger partial charge in [0.1, 0.15) is 0 Å². The molecular weight excluding hydrogens is 212 g/mol. The Balaban J connectivity index is 2.52. The number of rotatable bonds is 2. The third kappa shape index (κ3) is 3.98. The fourth-order valence-corrected chi connectivity index (χ4v) is 2.55. The fourth-order valence-electron chi connectivity index (χ4n) is 2.55. The molecule has 0 heterocycles. The van der Waals surface area contributed by atoms with Gasteiger partial charge in [-0.2, -0.15) is 0 Å². The zero-order chi connectivity index (χ0) is 13.2. The van der Waals surface area contributed by atoms with E-state index in [-0.39, 0.29) is 11.3 Å². The Labute approximate surface area is 106 Å². The maximum Gasteiger partial charge on any atom is 0.237 e. The second kappa shape index (κ2) is 5.38. The molecule has 0 aromatic carbocycles. The van der Waals surface area contributed by atoms with E-state index in [0.29, 0.717) is 12.0 Å². The van der Waals surface area contributed by atoms with Crippen molar-refractivity contribution in [2.45, 2.75) is 66.0 Å². The van der Waals surface area contributed by atoms with Crippen molar-refractivity contribution in [1.82, 2.24) is 5.32 Å². The van der Waals surface area contributed by atoms with E-state index in [1.807, 2.05) is 20.8 Å². The van der Waals surface area contributed by atoms with Crippen molar-refractivity contribution in [2.75, 3.05) is 0 Å². The predicted molar refractivity (Wildman–Crippen MR) is 71.5 cm³/mol. The van der Waals surface area contributed by atoms with Crippen LogP contribution in [-0.4, -0.2) is 18.0 Å². The molecule has 1 saturated carbocycles. The molecule has 0 radical (unpaired) electrons. The lowest BCUT2D eigenvalue weighted by Crippen LogP contribution is -2.53. The molecule has 1 rings (SSSR count). The SMILES string of the molecule is CC1CCC(NC(=O)[C@@H](N)C(C)(C)C)C(C)C1. The Morgan fingerprint density at radius 3 is 2.35 bits per heavy atom. The van der Waals surface area contributed by atoms with Gasteiger partial charge in [-0.05, 0) is 36.5 Å². The monoisotopic (exact) mass is 240 g/mol. The Morgan fingerprint density at radius 1 is 1.29 bits per heavy atom. The van der Waals surface area contributed by atoms with Crippen molar-refractivity contribution in [3.8, 4) is 0 Å². The number of carbonyl (C=O) groups excluding carboxylic acids is 1. The maximum absolute atomic E-state index is 12.0. The highest BCUT2D eigenvalue weighted by Gasteiger charge is 2.32. The second-order valence-electron chi connectivity index (χ2n) is 6.85. The topological polar surface area (TPSA) is 55.1 Å². The zero-order valence-electron chi connectivity index (χ0n) is 11.9. The van der Waals surface area contributed by atoms with Crippen LogP contribution < -0.4 is 11.1 Å².